The maximum Gasteiger partial charge on any atom is 0.469 e. The molecule has 0 aliphatic carbocycles. The maximum atomic E-state index is 12.5. The monoisotopic (exact) mass is 491 g/mol. The first-order valence-corrected chi connectivity index (χ1v) is 12.0. The number of rotatable bonds is 10. The molecule has 0 aliphatic rings. The van der Waals surface area contributed by atoms with Gasteiger partial charge in [0.05, 0.1) is 30.3 Å². The third-order valence-electron chi connectivity index (χ3n) is 4.30. The number of phosphoric acid groups is 1. The average Bonchev–Trinajstić information content (AvgIpc) is 3.15. The summed E-state index contributed by atoms with van der Waals surface area (Å²) in [6.07, 6.45) is -2.76. The Morgan fingerprint density at radius 1 is 1.16 bits per heavy atom. The summed E-state index contributed by atoms with van der Waals surface area (Å²) in [5.74, 6) is 6.03. The molecule has 0 amide bonds. The van der Waals surface area contributed by atoms with E-state index < -0.39 is 25.1 Å². The minimum atomic E-state index is -4.55. The van der Waals surface area contributed by atoms with E-state index in [2.05, 4.69) is 16.4 Å². The van der Waals surface area contributed by atoms with E-state index in [0.717, 1.165) is 21.9 Å². The molecule has 0 saturated heterocycles. The van der Waals surface area contributed by atoms with E-state index >= 15 is 0 Å². The molecule has 32 heavy (non-hydrogen) atoms. The number of halogens is 3. The van der Waals surface area contributed by atoms with Crippen LogP contribution in [0, 0.1) is 11.8 Å². The molecule has 0 aliphatic heterocycles. The summed E-state index contributed by atoms with van der Waals surface area (Å²) in [6, 6.07) is 8.67. The molecular weight excluding hydrogens is 466 g/mol. The van der Waals surface area contributed by atoms with Gasteiger partial charge in [-0.15, -0.1) is 11.3 Å². The Labute approximate surface area is 188 Å². The van der Waals surface area contributed by atoms with Crippen molar-refractivity contribution in [3.05, 3.63) is 57.3 Å². The third kappa shape index (κ3) is 10.3. The molecule has 0 fully saturated rings. The van der Waals surface area contributed by atoms with Gasteiger partial charge in [0.15, 0.2) is 0 Å². The number of thiophene rings is 1. The Hall–Kier alpha value is -1.70. The van der Waals surface area contributed by atoms with Crippen LogP contribution in [-0.2, 0) is 33.0 Å². The topological polar surface area (TPSA) is 102 Å². The Kier molecular flexibility index (Phi) is 9.49. The van der Waals surface area contributed by atoms with E-state index in [1.54, 1.807) is 6.92 Å². The van der Waals surface area contributed by atoms with E-state index in [9.17, 15) is 17.7 Å². The number of alkyl halides is 3. The van der Waals surface area contributed by atoms with Gasteiger partial charge in [0.1, 0.15) is 0 Å². The molecule has 4 N–H and O–H groups in total. The molecule has 2 rings (SSSR count). The number of benzene rings is 1. The van der Waals surface area contributed by atoms with Crippen LogP contribution in [0.15, 0.2) is 36.4 Å². The molecule has 1 heterocycles. The van der Waals surface area contributed by atoms with Crippen molar-refractivity contribution < 1.29 is 36.8 Å². The molecular formula is C21H25F3NO5PS. The highest BCUT2D eigenvalue weighted by Gasteiger charge is 2.29. The van der Waals surface area contributed by atoms with Crippen molar-refractivity contribution in [3.63, 3.8) is 0 Å². The van der Waals surface area contributed by atoms with Gasteiger partial charge in [-0.2, -0.15) is 13.2 Å². The molecule has 1 atom stereocenters. The van der Waals surface area contributed by atoms with E-state index in [1.165, 1.54) is 23.5 Å². The smallest absolute Gasteiger partial charge is 0.376 e. The number of hydrogen-bond donors (Lipinski definition) is 3. The summed E-state index contributed by atoms with van der Waals surface area (Å²) in [5, 5.41) is 0. The normalized spacial score (nSPS) is 14.0. The van der Waals surface area contributed by atoms with Crippen molar-refractivity contribution in [2.45, 2.75) is 44.5 Å². The first-order valence-electron chi connectivity index (χ1n) is 9.64. The lowest BCUT2D eigenvalue weighted by molar-refractivity contribution is -0.137. The number of aryl methyl sites for hydroxylation is 1. The van der Waals surface area contributed by atoms with E-state index in [1.807, 2.05) is 12.1 Å². The summed E-state index contributed by atoms with van der Waals surface area (Å²) in [7, 11) is -4.55. The van der Waals surface area contributed by atoms with Crippen LogP contribution in [0.25, 0.3) is 0 Å². The Morgan fingerprint density at radius 2 is 1.84 bits per heavy atom. The number of nitrogens with two attached hydrogens (primary N) is 1. The standard InChI is InChI=1S/C21H25F3NO5PS/c1-20(25,15-30-31(26,27)28)12-11-19-10-9-18(32-19)4-2-3-13-29-14-16-5-7-17(8-6-16)21(22,23)24/h5-10H,3,11-15,25H2,1H3,(H2,26,27,28). The minimum absolute atomic E-state index is 0.215. The van der Waals surface area contributed by atoms with Crippen LogP contribution < -0.4 is 5.73 Å². The fourth-order valence-corrected chi connectivity index (χ4v) is 3.89. The van der Waals surface area contributed by atoms with Crippen LogP contribution in [0.2, 0.25) is 0 Å². The molecule has 2 aromatic rings. The van der Waals surface area contributed by atoms with Crippen molar-refractivity contribution in [1.29, 1.82) is 0 Å². The molecule has 1 unspecified atom stereocenters. The maximum absolute atomic E-state index is 12.5. The second-order valence-corrected chi connectivity index (χ2v) is 9.89. The lowest BCUT2D eigenvalue weighted by Gasteiger charge is -2.24. The van der Waals surface area contributed by atoms with Gasteiger partial charge in [0, 0.05) is 16.8 Å². The van der Waals surface area contributed by atoms with Crippen molar-refractivity contribution in [1.82, 2.24) is 0 Å². The molecule has 0 bridgehead atoms. The zero-order valence-corrected chi connectivity index (χ0v) is 19.1. The van der Waals surface area contributed by atoms with Crippen LogP contribution >= 0.6 is 19.2 Å². The van der Waals surface area contributed by atoms with Crippen molar-refractivity contribution >= 4 is 19.2 Å². The second-order valence-electron chi connectivity index (χ2n) is 7.48. The zero-order chi connectivity index (χ0) is 23.8. The first kappa shape index (κ1) is 26.6. The van der Waals surface area contributed by atoms with Crippen molar-refractivity contribution in [3.8, 4) is 11.8 Å². The predicted octanol–water partition coefficient (Wildman–Crippen LogP) is 4.48. The van der Waals surface area contributed by atoms with E-state index in [-0.39, 0.29) is 13.2 Å². The summed E-state index contributed by atoms with van der Waals surface area (Å²) < 4.78 is 58.3. The van der Waals surface area contributed by atoms with Gasteiger partial charge < -0.3 is 20.3 Å². The first-order chi connectivity index (χ1) is 14.8. The number of ether oxygens (including phenoxy) is 1. The van der Waals surface area contributed by atoms with Gasteiger partial charge in [-0.1, -0.05) is 24.0 Å². The van der Waals surface area contributed by atoms with Crippen molar-refractivity contribution in [2.24, 2.45) is 5.73 Å². The van der Waals surface area contributed by atoms with Crippen LogP contribution in [0.4, 0.5) is 13.2 Å². The third-order valence-corrected chi connectivity index (χ3v) is 5.83. The molecule has 0 radical (unpaired) electrons. The summed E-state index contributed by atoms with van der Waals surface area (Å²) in [5.41, 5.74) is 5.12. The molecule has 11 heteroatoms. The van der Waals surface area contributed by atoms with Gasteiger partial charge in [-0.25, -0.2) is 4.57 Å². The number of hydrogen-bond acceptors (Lipinski definition) is 5. The zero-order valence-electron chi connectivity index (χ0n) is 17.4. The molecule has 1 aromatic carbocycles. The fraction of sp³-hybridized carbons (Fsp3) is 0.429. The Morgan fingerprint density at radius 3 is 2.47 bits per heavy atom. The van der Waals surface area contributed by atoms with Crippen LogP contribution in [-0.4, -0.2) is 28.5 Å². The van der Waals surface area contributed by atoms with Gasteiger partial charge in [-0.05, 0) is 49.6 Å². The summed E-state index contributed by atoms with van der Waals surface area (Å²) >= 11 is 1.50. The van der Waals surface area contributed by atoms with Gasteiger partial charge in [0.25, 0.3) is 0 Å². The largest absolute Gasteiger partial charge is 0.469 e. The average molecular weight is 491 g/mol. The fourth-order valence-electron chi connectivity index (χ4n) is 2.54. The minimum Gasteiger partial charge on any atom is -0.376 e. The number of phosphoric ester groups is 1. The highest BCUT2D eigenvalue weighted by Crippen LogP contribution is 2.37. The molecule has 0 saturated carbocycles. The quantitative estimate of drug-likeness (QED) is 0.257. The van der Waals surface area contributed by atoms with E-state index in [0.29, 0.717) is 31.4 Å². The molecule has 176 valence electrons. The van der Waals surface area contributed by atoms with Crippen molar-refractivity contribution in [2.75, 3.05) is 13.2 Å². The van der Waals surface area contributed by atoms with Gasteiger partial charge in [-0.3, -0.25) is 4.52 Å². The second kappa shape index (κ2) is 11.4. The SMILES string of the molecule is CC(N)(CCc1ccc(C#CCCOCc2ccc(C(F)(F)F)cc2)s1)COP(=O)(O)O. The highest BCUT2D eigenvalue weighted by molar-refractivity contribution is 7.46. The van der Waals surface area contributed by atoms with Gasteiger partial charge in [0.2, 0.25) is 0 Å². The van der Waals surface area contributed by atoms with Crippen LogP contribution in [0.5, 0.6) is 0 Å². The highest BCUT2D eigenvalue weighted by atomic mass is 32.1. The lowest BCUT2D eigenvalue weighted by atomic mass is 9.98. The lowest BCUT2D eigenvalue weighted by Crippen LogP contribution is -2.41. The molecule has 1 aromatic heterocycles. The molecule has 0 spiro atoms. The van der Waals surface area contributed by atoms with Crippen LogP contribution in [0.3, 0.4) is 0 Å². The summed E-state index contributed by atoms with van der Waals surface area (Å²) in [6.45, 7) is 1.99. The molecule has 6 nitrogen and oxygen atoms in total. The van der Waals surface area contributed by atoms with Gasteiger partial charge >= 0.3 is 14.0 Å². The summed E-state index contributed by atoms with van der Waals surface area (Å²) in [4.78, 5) is 19.5. The van der Waals surface area contributed by atoms with Crippen LogP contribution in [0.1, 0.15) is 40.6 Å². The Bertz CT molecular complexity index is 974. The Balaban J connectivity index is 1.70. The van der Waals surface area contributed by atoms with E-state index in [4.69, 9.17) is 20.3 Å². The predicted molar refractivity (Wildman–Crippen MR) is 116 cm³/mol.